The molecule has 0 bridgehead atoms. The molecule has 220 valence electrons. The fourth-order valence-corrected chi connectivity index (χ4v) is 5.83. The number of unbranched alkanes of at least 4 members (excludes halogenated alkanes) is 1. The van der Waals surface area contributed by atoms with Crippen molar-refractivity contribution in [3.63, 3.8) is 0 Å². The zero-order valence-electron chi connectivity index (χ0n) is 22.2. The van der Waals surface area contributed by atoms with Crippen LogP contribution < -0.4 is 4.72 Å². The number of aryl methyl sites for hydroxylation is 1. The predicted octanol–water partition coefficient (Wildman–Crippen LogP) is 6.54. The van der Waals surface area contributed by atoms with Gasteiger partial charge in [0.05, 0.1) is 4.90 Å². The second-order valence-electron chi connectivity index (χ2n) is 9.35. The number of aromatic carboxylic acids is 1. The van der Waals surface area contributed by atoms with E-state index in [-0.39, 0.29) is 34.8 Å². The third-order valence-corrected chi connectivity index (χ3v) is 8.31. The maximum absolute atomic E-state index is 13.6. The van der Waals surface area contributed by atoms with E-state index in [2.05, 4.69) is 25.6 Å². The summed E-state index contributed by atoms with van der Waals surface area (Å²) < 4.78 is 71.1. The normalized spacial score (nSPS) is 11.8. The Morgan fingerprint density at radius 1 is 1.00 bits per heavy atom. The molecule has 0 spiro atoms. The monoisotopic (exact) mass is 663 g/mol. The Kier molecular flexibility index (Phi) is 9.21. The molecule has 0 radical (unpaired) electrons. The highest BCUT2D eigenvalue weighted by molar-refractivity contribution is 9.10. The van der Waals surface area contributed by atoms with Crippen LogP contribution in [-0.2, 0) is 29.2 Å². The van der Waals surface area contributed by atoms with Gasteiger partial charge in [-0.15, -0.1) is 0 Å². The van der Waals surface area contributed by atoms with Crippen molar-refractivity contribution in [2.75, 3.05) is 0 Å². The van der Waals surface area contributed by atoms with Crippen LogP contribution >= 0.6 is 15.9 Å². The zero-order chi connectivity index (χ0) is 30.7. The highest BCUT2D eigenvalue weighted by Gasteiger charge is 2.41. The number of nitrogens with one attached hydrogen (secondary N) is 1. The van der Waals surface area contributed by atoms with E-state index in [0.29, 0.717) is 24.0 Å². The average molecular weight is 665 g/mol. The standard InChI is InChI=1S/C29H25BrF3N3O5S/c1-2-3-8-24-34-26(29(31,32)33)25(28(38)39)36(24)17-18-9-11-19(12-10-18)22-6-4-5-7-23(22)42(40,41)35-27(37)20-13-15-21(30)16-14-20/h4-7,9-16H,2-3,8,17H2,1H3,(H,35,37)(H,38,39). The molecule has 3 aromatic carbocycles. The summed E-state index contributed by atoms with van der Waals surface area (Å²) in [4.78, 5) is 28.0. The fourth-order valence-electron chi connectivity index (χ4n) is 4.36. The number of alkyl halides is 3. The van der Waals surface area contributed by atoms with Crippen LogP contribution in [0.3, 0.4) is 0 Å². The van der Waals surface area contributed by atoms with Crippen molar-refractivity contribution in [3.05, 3.63) is 106 Å². The Labute approximate surface area is 248 Å². The molecule has 13 heteroatoms. The number of nitrogens with zero attached hydrogens (tertiary/aromatic N) is 2. The van der Waals surface area contributed by atoms with Gasteiger partial charge in [0, 0.05) is 28.6 Å². The second kappa shape index (κ2) is 12.5. The van der Waals surface area contributed by atoms with Gasteiger partial charge >= 0.3 is 12.1 Å². The molecule has 0 saturated heterocycles. The maximum atomic E-state index is 13.6. The van der Waals surface area contributed by atoms with Gasteiger partial charge in [0.1, 0.15) is 5.82 Å². The van der Waals surface area contributed by atoms with Crippen molar-refractivity contribution in [3.8, 4) is 11.1 Å². The molecule has 4 rings (SSSR count). The predicted molar refractivity (Wildman–Crippen MR) is 153 cm³/mol. The molecule has 4 aromatic rings. The Balaban J connectivity index is 1.65. The molecular weight excluding hydrogens is 639 g/mol. The number of carboxylic acids is 1. The van der Waals surface area contributed by atoms with Crippen LogP contribution in [-0.4, -0.2) is 35.0 Å². The topological polar surface area (TPSA) is 118 Å². The molecule has 0 atom stereocenters. The number of imidazole rings is 1. The summed E-state index contributed by atoms with van der Waals surface area (Å²) in [6.45, 7) is 1.67. The maximum Gasteiger partial charge on any atom is 0.435 e. The Bertz CT molecular complexity index is 1720. The summed E-state index contributed by atoms with van der Waals surface area (Å²) in [5, 5.41) is 9.62. The number of benzene rings is 3. The zero-order valence-corrected chi connectivity index (χ0v) is 24.6. The minimum atomic E-state index is -4.94. The number of hydrogen-bond acceptors (Lipinski definition) is 5. The lowest BCUT2D eigenvalue weighted by Gasteiger charge is -2.14. The Morgan fingerprint density at radius 3 is 2.24 bits per heavy atom. The summed E-state index contributed by atoms with van der Waals surface area (Å²) in [5.74, 6) is -2.53. The first kappa shape index (κ1) is 31.0. The molecule has 42 heavy (non-hydrogen) atoms. The molecule has 0 aliphatic rings. The Hall–Kier alpha value is -3.97. The molecule has 2 N–H and O–H groups in total. The molecule has 0 saturated carbocycles. The van der Waals surface area contributed by atoms with Gasteiger partial charge in [0.15, 0.2) is 11.4 Å². The molecular formula is C29H25BrF3N3O5S. The molecule has 1 aromatic heterocycles. The van der Waals surface area contributed by atoms with Crippen LogP contribution in [0.4, 0.5) is 13.2 Å². The quantitative estimate of drug-likeness (QED) is 0.199. The SMILES string of the molecule is CCCCc1nc(C(F)(F)F)c(C(=O)O)n1Cc1ccc(-c2ccccc2S(=O)(=O)NC(=O)c2ccc(Br)cc2)cc1. The van der Waals surface area contributed by atoms with Gasteiger partial charge in [-0.25, -0.2) is 22.9 Å². The van der Waals surface area contributed by atoms with Gasteiger partial charge in [0.2, 0.25) is 0 Å². The molecule has 8 nitrogen and oxygen atoms in total. The smallest absolute Gasteiger partial charge is 0.435 e. The van der Waals surface area contributed by atoms with Crippen LogP contribution in [0.25, 0.3) is 11.1 Å². The van der Waals surface area contributed by atoms with Gasteiger partial charge in [-0.3, -0.25) is 4.79 Å². The van der Waals surface area contributed by atoms with Crippen LogP contribution in [0.5, 0.6) is 0 Å². The third-order valence-electron chi connectivity index (χ3n) is 6.39. The highest BCUT2D eigenvalue weighted by Crippen LogP contribution is 2.33. The number of rotatable bonds is 10. The van der Waals surface area contributed by atoms with Gasteiger partial charge < -0.3 is 9.67 Å². The van der Waals surface area contributed by atoms with E-state index in [4.69, 9.17) is 0 Å². The molecule has 0 aliphatic heterocycles. The number of carbonyl (C=O) groups excluding carboxylic acids is 1. The van der Waals surface area contributed by atoms with E-state index in [9.17, 15) is 36.3 Å². The first-order chi connectivity index (χ1) is 19.8. The number of sulfonamides is 1. The first-order valence-electron chi connectivity index (χ1n) is 12.7. The van der Waals surface area contributed by atoms with E-state index in [1.165, 1.54) is 24.3 Å². The van der Waals surface area contributed by atoms with E-state index in [1.807, 2.05) is 6.92 Å². The summed E-state index contributed by atoms with van der Waals surface area (Å²) in [7, 11) is -4.29. The number of carbonyl (C=O) groups is 2. The van der Waals surface area contributed by atoms with Gasteiger partial charge in [-0.05, 0) is 47.9 Å². The highest BCUT2D eigenvalue weighted by atomic mass is 79.9. The summed E-state index contributed by atoms with van der Waals surface area (Å²) >= 11 is 3.26. The molecule has 0 fully saturated rings. The van der Waals surface area contributed by atoms with E-state index in [0.717, 1.165) is 9.04 Å². The second-order valence-corrected chi connectivity index (χ2v) is 11.9. The van der Waals surface area contributed by atoms with Crippen molar-refractivity contribution in [2.45, 2.75) is 43.8 Å². The van der Waals surface area contributed by atoms with Gasteiger partial charge in [-0.1, -0.05) is 71.7 Å². The van der Waals surface area contributed by atoms with Crippen molar-refractivity contribution in [2.24, 2.45) is 0 Å². The molecule has 0 unspecified atom stereocenters. The van der Waals surface area contributed by atoms with Crippen LogP contribution in [0, 0.1) is 0 Å². The lowest BCUT2D eigenvalue weighted by atomic mass is 10.0. The minimum Gasteiger partial charge on any atom is -0.477 e. The van der Waals surface area contributed by atoms with Crippen molar-refractivity contribution >= 4 is 37.8 Å². The van der Waals surface area contributed by atoms with E-state index >= 15 is 0 Å². The summed E-state index contributed by atoms with van der Waals surface area (Å²) in [6, 6.07) is 18.5. The first-order valence-corrected chi connectivity index (χ1v) is 15.0. The number of amides is 1. The summed E-state index contributed by atoms with van der Waals surface area (Å²) in [5.41, 5.74) is -0.999. The van der Waals surface area contributed by atoms with Crippen molar-refractivity contribution in [1.82, 2.24) is 14.3 Å². The van der Waals surface area contributed by atoms with Crippen molar-refractivity contribution < 1.29 is 36.3 Å². The average Bonchev–Trinajstić information content (AvgIpc) is 3.31. The minimum absolute atomic E-state index is 0.0172. The van der Waals surface area contributed by atoms with Gasteiger partial charge in [0.25, 0.3) is 15.9 Å². The third kappa shape index (κ3) is 6.90. The number of carboxylic acid groups (broad SMARTS) is 1. The van der Waals surface area contributed by atoms with Crippen molar-refractivity contribution in [1.29, 1.82) is 0 Å². The van der Waals surface area contributed by atoms with E-state index < -0.39 is 39.5 Å². The molecule has 0 aliphatic carbocycles. The van der Waals surface area contributed by atoms with E-state index in [1.54, 1.807) is 48.5 Å². The number of hydrogen-bond donors (Lipinski definition) is 2. The number of aromatic nitrogens is 2. The summed E-state index contributed by atoms with van der Waals surface area (Å²) in [6.07, 6.45) is -3.57. The fraction of sp³-hybridized carbons (Fsp3) is 0.207. The lowest BCUT2D eigenvalue weighted by Crippen LogP contribution is -2.30. The number of halogens is 4. The Morgan fingerprint density at radius 2 is 1.64 bits per heavy atom. The molecule has 1 heterocycles. The van der Waals surface area contributed by atoms with Crippen LogP contribution in [0.2, 0.25) is 0 Å². The van der Waals surface area contributed by atoms with Crippen LogP contribution in [0.1, 0.15) is 57.7 Å². The largest absolute Gasteiger partial charge is 0.477 e. The van der Waals surface area contributed by atoms with Gasteiger partial charge in [-0.2, -0.15) is 13.2 Å². The lowest BCUT2D eigenvalue weighted by molar-refractivity contribution is -0.141. The van der Waals surface area contributed by atoms with Crippen LogP contribution in [0.15, 0.2) is 82.2 Å². The molecule has 1 amide bonds.